The predicted molar refractivity (Wildman–Crippen MR) is 220 cm³/mol. The number of fused-ring (bicyclic) bond motifs is 9. The molecule has 244 valence electrons. The average Bonchev–Trinajstić information content (AvgIpc) is 3.83. The normalized spacial score (nSPS) is 11.9. The Balaban J connectivity index is 1.16. The van der Waals surface area contributed by atoms with Crippen molar-refractivity contribution in [1.82, 2.24) is 13.7 Å². The standard InChI is InChI=1S/C49H33N3/c1-32-13-5-9-19-43(32)52-46-22-12-8-18-39(46)42-28-25-36(31-49(42)52)51-45-21-11-7-17-38(45)41-27-24-34(30-48(41)51)33-23-26-40-37-16-6-10-20-44(37)50(47(40)29-33)35-14-3-2-4-15-35/h2-31H,1H3. The summed E-state index contributed by atoms with van der Waals surface area (Å²) in [5, 5.41) is 7.55. The second-order valence-corrected chi connectivity index (χ2v) is 13.8. The Kier molecular flexibility index (Phi) is 6.17. The SMILES string of the molecule is Cc1ccccc1-n1c2ccccc2c2ccc(-n3c4ccccc4c4ccc(-c5ccc6c7ccccc7n(-c7ccccc7)c6c5)cc43)cc21. The van der Waals surface area contributed by atoms with E-state index < -0.39 is 0 Å². The number of para-hydroxylation sites is 5. The van der Waals surface area contributed by atoms with Crippen molar-refractivity contribution < 1.29 is 0 Å². The fraction of sp³-hybridized carbons (Fsp3) is 0.0204. The molecule has 11 aromatic rings. The molecule has 52 heavy (non-hydrogen) atoms. The molecule has 0 saturated heterocycles. The van der Waals surface area contributed by atoms with Crippen molar-refractivity contribution in [2.24, 2.45) is 0 Å². The number of aromatic nitrogens is 3. The van der Waals surface area contributed by atoms with E-state index >= 15 is 0 Å². The molecule has 0 bridgehead atoms. The van der Waals surface area contributed by atoms with Crippen molar-refractivity contribution >= 4 is 65.4 Å². The second kappa shape index (κ2) is 11.1. The van der Waals surface area contributed by atoms with E-state index in [1.807, 2.05) is 0 Å². The van der Waals surface area contributed by atoms with E-state index in [0.29, 0.717) is 0 Å². The number of hydrogen-bond donors (Lipinski definition) is 0. The third-order valence-corrected chi connectivity index (χ3v) is 11.0. The average molecular weight is 664 g/mol. The zero-order chi connectivity index (χ0) is 34.3. The van der Waals surface area contributed by atoms with Gasteiger partial charge in [-0.25, -0.2) is 0 Å². The minimum absolute atomic E-state index is 1.15. The molecule has 11 rings (SSSR count). The van der Waals surface area contributed by atoms with E-state index in [4.69, 9.17) is 0 Å². The van der Waals surface area contributed by atoms with E-state index in [1.54, 1.807) is 0 Å². The Morgan fingerprint density at radius 3 is 1.29 bits per heavy atom. The van der Waals surface area contributed by atoms with Crippen LogP contribution in [0.15, 0.2) is 182 Å². The van der Waals surface area contributed by atoms with Crippen LogP contribution in [-0.4, -0.2) is 13.7 Å². The summed E-state index contributed by atoms with van der Waals surface area (Å²) in [6.45, 7) is 2.20. The van der Waals surface area contributed by atoms with Crippen molar-refractivity contribution in [2.45, 2.75) is 6.92 Å². The highest BCUT2D eigenvalue weighted by atomic mass is 15.0. The molecule has 0 aliphatic heterocycles. The summed E-state index contributed by atoms with van der Waals surface area (Å²) in [6.07, 6.45) is 0. The fourth-order valence-corrected chi connectivity index (χ4v) is 8.61. The van der Waals surface area contributed by atoms with Gasteiger partial charge in [0.25, 0.3) is 0 Å². The van der Waals surface area contributed by atoms with Gasteiger partial charge in [-0.2, -0.15) is 0 Å². The third kappa shape index (κ3) is 4.14. The molecule has 3 heterocycles. The van der Waals surface area contributed by atoms with Gasteiger partial charge >= 0.3 is 0 Å². The van der Waals surface area contributed by atoms with Crippen LogP contribution < -0.4 is 0 Å². The van der Waals surface area contributed by atoms with Crippen LogP contribution in [0.2, 0.25) is 0 Å². The highest BCUT2D eigenvalue weighted by Gasteiger charge is 2.18. The van der Waals surface area contributed by atoms with Gasteiger partial charge in [0.2, 0.25) is 0 Å². The molecule has 0 N–H and O–H groups in total. The lowest BCUT2D eigenvalue weighted by Gasteiger charge is -2.13. The largest absolute Gasteiger partial charge is 0.309 e. The van der Waals surface area contributed by atoms with Crippen LogP contribution in [0.25, 0.3) is 93.6 Å². The molecule has 3 nitrogen and oxygen atoms in total. The maximum atomic E-state index is 2.45. The van der Waals surface area contributed by atoms with E-state index in [-0.39, 0.29) is 0 Å². The molecule has 0 radical (unpaired) electrons. The van der Waals surface area contributed by atoms with Crippen molar-refractivity contribution in [3.63, 3.8) is 0 Å². The lowest BCUT2D eigenvalue weighted by Crippen LogP contribution is -1.98. The first-order valence-corrected chi connectivity index (χ1v) is 17.9. The summed E-state index contributed by atoms with van der Waals surface area (Å²) >= 11 is 0. The van der Waals surface area contributed by atoms with Gasteiger partial charge in [0, 0.05) is 49.4 Å². The monoisotopic (exact) mass is 663 g/mol. The number of hydrogen-bond acceptors (Lipinski definition) is 0. The number of nitrogens with zero attached hydrogens (tertiary/aromatic N) is 3. The van der Waals surface area contributed by atoms with Crippen LogP contribution in [0.3, 0.4) is 0 Å². The maximum absolute atomic E-state index is 2.45. The van der Waals surface area contributed by atoms with Gasteiger partial charge < -0.3 is 13.7 Å². The molecule has 3 aromatic heterocycles. The molecule has 3 heteroatoms. The summed E-state index contributed by atoms with van der Waals surface area (Å²) in [5.74, 6) is 0. The van der Waals surface area contributed by atoms with Crippen LogP contribution in [0.5, 0.6) is 0 Å². The molecule has 0 atom stereocenters. The van der Waals surface area contributed by atoms with Crippen LogP contribution >= 0.6 is 0 Å². The zero-order valence-electron chi connectivity index (χ0n) is 28.7. The predicted octanol–water partition coefficient (Wildman–Crippen LogP) is 13.0. The first-order valence-electron chi connectivity index (χ1n) is 17.9. The lowest BCUT2D eigenvalue weighted by atomic mass is 10.0. The minimum Gasteiger partial charge on any atom is -0.309 e. The highest BCUT2D eigenvalue weighted by Crippen LogP contribution is 2.40. The number of benzene rings is 8. The Labute approximate surface area is 300 Å². The second-order valence-electron chi connectivity index (χ2n) is 13.8. The van der Waals surface area contributed by atoms with E-state index in [9.17, 15) is 0 Å². The first-order chi connectivity index (χ1) is 25.7. The quantitative estimate of drug-likeness (QED) is 0.178. The molecule has 0 saturated carbocycles. The topological polar surface area (TPSA) is 14.8 Å². The Hall–Kier alpha value is -6.84. The maximum Gasteiger partial charge on any atom is 0.0562 e. The molecule has 0 amide bonds. The number of aryl methyl sites for hydroxylation is 1. The molecular formula is C49H33N3. The van der Waals surface area contributed by atoms with Crippen LogP contribution in [0.1, 0.15) is 5.56 Å². The van der Waals surface area contributed by atoms with Crippen molar-refractivity contribution in [3.8, 4) is 28.2 Å². The smallest absolute Gasteiger partial charge is 0.0562 e. The Morgan fingerprint density at radius 1 is 0.288 bits per heavy atom. The summed E-state index contributed by atoms with van der Waals surface area (Å²) in [7, 11) is 0. The number of rotatable bonds is 4. The summed E-state index contributed by atoms with van der Waals surface area (Å²) in [4.78, 5) is 0. The van der Waals surface area contributed by atoms with Gasteiger partial charge in [-0.3, -0.25) is 0 Å². The van der Waals surface area contributed by atoms with E-state index in [1.165, 1.54) is 93.5 Å². The lowest BCUT2D eigenvalue weighted by molar-refractivity contribution is 1.14. The highest BCUT2D eigenvalue weighted by molar-refractivity contribution is 6.13. The summed E-state index contributed by atoms with van der Waals surface area (Å²) < 4.78 is 7.28. The van der Waals surface area contributed by atoms with Gasteiger partial charge in [-0.05, 0) is 84.3 Å². The third-order valence-electron chi connectivity index (χ3n) is 11.0. The van der Waals surface area contributed by atoms with Gasteiger partial charge in [0.15, 0.2) is 0 Å². The van der Waals surface area contributed by atoms with Gasteiger partial charge in [0.1, 0.15) is 0 Å². The van der Waals surface area contributed by atoms with E-state index in [0.717, 1.165) is 5.69 Å². The van der Waals surface area contributed by atoms with Crippen molar-refractivity contribution in [2.75, 3.05) is 0 Å². The summed E-state index contributed by atoms with van der Waals surface area (Å²) in [6, 6.07) is 66.6. The molecule has 0 unspecified atom stereocenters. The summed E-state index contributed by atoms with van der Waals surface area (Å²) in [5.41, 5.74) is 14.4. The molecule has 0 aliphatic carbocycles. The van der Waals surface area contributed by atoms with Gasteiger partial charge in [0.05, 0.1) is 33.1 Å². The van der Waals surface area contributed by atoms with Crippen LogP contribution in [-0.2, 0) is 0 Å². The van der Waals surface area contributed by atoms with Gasteiger partial charge in [-0.15, -0.1) is 0 Å². The molecule has 0 fully saturated rings. The van der Waals surface area contributed by atoms with Crippen molar-refractivity contribution in [3.05, 3.63) is 188 Å². The molecule has 0 spiro atoms. The van der Waals surface area contributed by atoms with Gasteiger partial charge in [-0.1, -0.05) is 121 Å². The minimum atomic E-state index is 1.15. The van der Waals surface area contributed by atoms with Crippen molar-refractivity contribution in [1.29, 1.82) is 0 Å². The Bertz CT molecular complexity index is 3190. The Morgan fingerprint density at radius 2 is 0.712 bits per heavy atom. The molecular weight excluding hydrogens is 631 g/mol. The van der Waals surface area contributed by atoms with E-state index in [2.05, 4.69) is 203 Å². The van der Waals surface area contributed by atoms with Crippen LogP contribution in [0.4, 0.5) is 0 Å². The fourth-order valence-electron chi connectivity index (χ4n) is 8.61. The first kappa shape index (κ1) is 28.9. The molecule has 0 aliphatic rings. The van der Waals surface area contributed by atoms with Crippen LogP contribution in [0, 0.1) is 6.92 Å². The zero-order valence-corrected chi connectivity index (χ0v) is 28.7. The molecule has 8 aromatic carbocycles.